The van der Waals surface area contributed by atoms with Crippen LogP contribution in [-0.4, -0.2) is 16.6 Å². The molecule has 0 saturated heterocycles. The quantitative estimate of drug-likeness (QED) is 0.697. The molecule has 0 atom stereocenters. The van der Waals surface area contributed by atoms with Gasteiger partial charge in [0.1, 0.15) is 0 Å². The Bertz CT molecular complexity index is 364. The van der Waals surface area contributed by atoms with Gasteiger partial charge < -0.3 is 4.12 Å². The standard InChI is InChI=1S/C14H24OSi2/c1-16(2,3)15-17(4,5)13-9-12-14-10-7-6-8-11-14/h6-12H,13H2,1-5H3/b12-9+. The van der Waals surface area contributed by atoms with Crippen molar-refractivity contribution < 1.29 is 4.12 Å². The third-order valence-corrected chi connectivity index (χ3v) is 8.18. The Kier molecular flexibility index (Phi) is 4.92. The molecular weight excluding hydrogens is 240 g/mol. The summed E-state index contributed by atoms with van der Waals surface area (Å²) in [6.45, 7) is 11.4. The van der Waals surface area contributed by atoms with Crippen LogP contribution in [0.25, 0.3) is 6.08 Å². The molecule has 0 N–H and O–H groups in total. The molecule has 0 heterocycles. The molecule has 0 aliphatic carbocycles. The monoisotopic (exact) mass is 264 g/mol. The topological polar surface area (TPSA) is 9.23 Å². The van der Waals surface area contributed by atoms with E-state index in [0.29, 0.717) is 0 Å². The van der Waals surface area contributed by atoms with E-state index in [1.165, 1.54) is 5.56 Å². The highest BCUT2D eigenvalue weighted by molar-refractivity contribution is 6.84. The van der Waals surface area contributed by atoms with E-state index < -0.39 is 16.6 Å². The van der Waals surface area contributed by atoms with Gasteiger partial charge in [-0.25, -0.2) is 0 Å². The second-order valence-electron chi connectivity index (χ2n) is 5.99. The number of hydrogen-bond donors (Lipinski definition) is 0. The summed E-state index contributed by atoms with van der Waals surface area (Å²) in [5, 5.41) is 0. The number of hydrogen-bond acceptors (Lipinski definition) is 1. The van der Waals surface area contributed by atoms with Crippen LogP contribution in [0, 0.1) is 0 Å². The van der Waals surface area contributed by atoms with Gasteiger partial charge in [0, 0.05) is 0 Å². The first kappa shape index (κ1) is 14.4. The number of rotatable bonds is 5. The summed E-state index contributed by atoms with van der Waals surface area (Å²) in [6.07, 6.45) is 4.46. The molecule has 0 fully saturated rings. The molecule has 0 aliphatic heterocycles. The molecule has 0 saturated carbocycles. The number of allylic oxidation sites excluding steroid dienone is 1. The van der Waals surface area contributed by atoms with Gasteiger partial charge in [0.05, 0.1) is 0 Å². The van der Waals surface area contributed by atoms with Crippen LogP contribution in [-0.2, 0) is 4.12 Å². The van der Waals surface area contributed by atoms with Crippen molar-refractivity contribution >= 4 is 22.7 Å². The Morgan fingerprint density at radius 2 is 1.59 bits per heavy atom. The van der Waals surface area contributed by atoms with Crippen LogP contribution >= 0.6 is 0 Å². The highest BCUT2D eigenvalue weighted by Gasteiger charge is 2.28. The Labute approximate surface area is 108 Å². The highest BCUT2D eigenvalue weighted by atomic mass is 28.4. The summed E-state index contributed by atoms with van der Waals surface area (Å²) in [7, 11) is -2.91. The molecular formula is C14H24OSi2. The second kappa shape index (κ2) is 5.80. The minimum atomic E-state index is -1.52. The Balaban J connectivity index is 2.53. The average molecular weight is 265 g/mol. The largest absolute Gasteiger partial charge is 0.455 e. The molecule has 94 valence electrons. The fourth-order valence-corrected chi connectivity index (χ4v) is 9.56. The van der Waals surface area contributed by atoms with Gasteiger partial charge in [-0.05, 0) is 44.3 Å². The summed E-state index contributed by atoms with van der Waals surface area (Å²) in [5.74, 6) is 0. The lowest BCUT2D eigenvalue weighted by Gasteiger charge is -2.30. The van der Waals surface area contributed by atoms with Gasteiger partial charge in [-0.3, -0.25) is 0 Å². The zero-order chi connectivity index (χ0) is 12.9. The first-order valence-electron chi connectivity index (χ1n) is 6.20. The maximum atomic E-state index is 6.29. The highest BCUT2D eigenvalue weighted by Crippen LogP contribution is 2.19. The van der Waals surface area contributed by atoms with Crippen molar-refractivity contribution in [1.82, 2.24) is 0 Å². The van der Waals surface area contributed by atoms with E-state index in [0.717, 1.165) is 6.04 Å². The Morgan fingerprint density at radius 1 is 1.00 bits per heavy atom. The van der Waals surface area contributed by atoms with E-state index in [1.807, 2.05) is 6.07 Å². The van der Waals surface area contributed by atoms with Crippen LogP contribution in [0.15, 0.2) is 36.4 Å². The maximum Gasteiger partial charge on any atom is 0.177 e. The molecule has 0 aromatic heterocycles. The van der Waals surface area contributed by atoms with Crippen molar-refractivity contribution in [3.8, 4) is 0 Å². The molecule has 0 radical (unpaired) electrons. The molecule has 1 nitrogen and oxygen atoms in total. The van der Waals surface area contributed by atoms with E-state index in [2.05, 4.69) is 69.2 Å². The van der Waals surface area contributed by atoms with Crippen molar-refractivity contribution in [2.75, 3.05) is 0 Å². The molecule has 1 aromatic rings. The molecule has 0 unspecified atom stereocenters. The molecule has 1 rings (SSSR count). The van der Waals surface area contributed by atoms with Crippen LogP contribution in [0.4, 0.5) is 0 Å². The predicted octanol–water partition coefficient (Wildman–Crippen LogP) is 4.76. The van der Waals surface area contributed by atoms with E-state index >= 15 is 0 Å². The van der Waals surface area contributed by atoms with E-state index in [4.69, 9.17) is 4.12 Å². The SMILES string of the molecule is C[Si](C)(C)O[Si](C)(C)C/C=C/c1ccccc1. The minimum absolute atomic E-state index is 1.09. The summed E-state index contributed by atoms with van der Waals surface area (Å²) in [6, 6.07) is 11.5. The van der Waals surface area contributed by atoms with Crippen molar-refractivity contribution in [3.63, 3.8) is 0 Å². The zero-order valence-electron chi connectivity index (χ0n) is 11.7. The van der Waals surface area contributed by atoms with Gasteiger partial charge in [0.2, 0.25) is 0 Å². The Hall–Kier alpha value is -0.646. The predicted molar refractivity (Wildman–Crippen MR) is 82.2 cm³/mol. The summed E-state index contributed by atoms with van der Waals surface area (Å²) >= 11 is 0. The third kappa shape index (κ3) is 6.61. The zero-order valence-corrected chi connectivity index (χ0v) is 13.7. The Morgan fingerprint density at radius 3 is 2.12 bits per heavy atom. The van der Waals surface area contributed by atoms with E-state index in [-0.39, 0.29) is 0 Å². The first-order valence-corrected chi connectivity index (χ1v) is 12.7. The second-order valence-corrected chi connectivity index (χ2v) is 15.0. The van der Waals surface area contributed by atoms with Gasteiger partial charge in [-0.15, -0.1) is 0 Å². The van der Waals surface area contributed by atoms with Crippen LogP contribution in [0.3, 0.4) is 0 Å². The lowest BCUT2D eigenvalue weighted by atomic mass is 10.2. The fraction of sp³-hybridized carbons (Fsp3) is 0.429. The van der Waals surface area contributed by atoms with Gasteiger partial charge in [-0.1, -0.05) is 42.5 Å². The van der Waals surface area contributed by atoms with Crippen LogP contribution < -0.4 is 0 Å². The maximum absolute atomic E-state index is 6.29. The van der Waals surface area contributed by atoms with Crippen molar-refractivity contribution in [2.24, 2.45) is 0 Å². The van der Waals surface area contributed by atoms with Gasteiger partial charge in [-0.2, -0.15) is 0 Å². The summed E-state index contributed by atoms with van der Waals surface area (Å²) in [4.78, 5) is 0. The van der Waals surface area contributed by atoms with Crippen molar-refractivity contribution in [3.05, 3.63) is 42.0 Å². The van der Waals surface area contributed by atoms with E-state index in [1.54, 1.807) is 0 Å². The first-order chi connectivity index (χ1) is 7.79. The molecule has 3 heteroatoms. The van der Waals surface area contributed by atoms with E-state index in [9.17, 15) is 0 Å². The van der Waals surface area contributed by atoms with Crippen molar-refractivity contribution in [1.29, 1.82) is 0 Å². The minimum Gasteiger partial charge on any atom is -0.455 e. The van der Waals surface area contributed by atoms with Gasteiger partial charge in [0.25, 0.3) is 0 Å². The summed E-state index contributed by atoms with van der Waals surface area (Å²) < 4.78 is 6.29. The molecule has 17 heavy (non-hydrogen) atoms. The van der Waals surface area contributed by atoms with Crippen LogP contribution in [0.1, 0.15) is 5.56 Å². The molecule has 0 spiro atoms. The molecule has 0 bridgehead atoms. The van der Waals surface area contributed by atoms with Crippen LogP contribution in [0.2, 0.25) is 38.8 Å². The lowest BCUT2D eigenvalue weighted by molar-refractivity contribution is 0.553. The fourth-order valence-electron chi connectivity index (χ4n) is 1.91. The average Bonchev–Trinajstić information content (AvgIpc) is 2.15. The normalized spacial score (nSPS) is 13.2. The molecule has 0 aliphatic rings. The third-order valence-electron chi connectivity index (χ3n) is 2.30. The summed E-state index contributed by atoms with van der Waals surface area (Å²) in [5.41, 5.74) is 1.27. The van der Waals surface area contributed by atoms with Crippen LogP contribution in [0.5, 0.6) is 0 Å². The van der Waals surface area contributed by atoms with Gasteiger partial charge >= 0.3 is 0 Å². The molecule has 1 aromatic carbocycles. The smallest absolute Gasteiger partial charge is 0.177 e. The molecule has 0 amide bonds. The van der Waals surface area contributed by atoms with Gasteiger partial charge in [0.15, 0.2) is 16.6 Å². The van der Waals surface area contributed by atoms with Crippen molar-refractivity contribution in [2.45, 2.75) is 38.8 Å². The lowest BCUT2D eigenvalue weighted by Crippen LogP contribution is -2.41. The number of benzene rings is 1.